The molecule has 1 aromatic rings. The van der Waals surface area contributed by atoms with Gasteiger partial charge >= 0.3 is 12.3 Å². The van der Waals surface area contributed by atoms with E-state index >= 15 is 0 Å². The van der Waals surface area contributed by atoms with E-state index in [-0.39, 0.29) is 5.56 Å². The lowest BCUT2D eigenvalue weighted by atomic mass is 10.2. The lowest BCUT2D eigenvalue weighted by Crippen LogP contribution is -2.45. The van der Waals surface area contributed by atoms with Gasteiger partial charge in [-0.3, -0.25) is 9.59 Å². The number of hydrogen-bond acceptors (Lipinski definition) is 3. The second-order valence-corrected chi connectivity index (χ2v) is 4.14. The van der Waals surface area contributed by atoms with Gasteiger partial charge in [0.15, 0.2) is 0 Å². The van der Waals surface area contributed by atoms with E-state index in [1.54, 1.807) is 5.32 Å². The molecule has 2 amide bonds. The molecule has 0 saturated carbocycles. The van der Waals surface area contributed by atoms with E-state index in [0.29, 0.717) is 5.69 Å². The van der Waals surface area contributed by atoms with Crippen LogP contribution in [0.1, 0.15) is 10.4 Å². The van der Waals surface area contributed by atoms with Gasteiger partial charge < -0.3 is 16.4 Å². The van der Waals surface area contributed by atoms with Gasteiger partial charge in [-0.05, 0) is 24.3 Å². The van der Waals surface area contributed by atoms with Gasteiger partial charge in [0.25, 0.3) is 5.91 Å². The van der Waals surface area contributed by atoms with Crippen LogP contribution in [0.2, 0.25) is 0 Å². The van der Waals surface area contributed by atoms with Crippen LogP contribution in [0.5, 0.6) is 0 Å². The molecule has 0 bridgehead atoms. The Balaban J connectivity index is 2.39. The first-order valence-corrected chi connectivity index (χ1v) is 5.79. The number of nitrogen functional groups attached to an aromatic ring is 1. The van der Waals surface area contributed by atoms with Crippen LogP contribution in [0.25, 0.3) is 0 Å². The van der Waals surface area contributed by atoms with Crippen molar-refractivity contribution in [3.05, 3.63) is 29.8 Å². The summed E-state index contributed by atoms with van der Waals surface area (Å²) < 4.78 is 48.8. The Labute approximate surface area is 117 Å². The quantitative estimate of drug-likeness (QED) is 0.542. The molecule has 0 radical (unpaired) electrons. The summed E-state index contributed by atoms with van der Waals surface area (Å²) >= 11 is 0. The molecular weight excluding hydrogens is 294 g/mol. The minimum atomic E-state index is -4.31. The van der Waals surface area contributed by atoms with Gasteiger partial charge in [-0.2, -0.15) is 8.78 Å². The van der Waals surface area contributed by atoms with Crippen molar-refractivity contribution in [3.8, 4) is 0 Å². The van der Waals surface area contributed by atoms with Crippen LogP contribution in [0.3, 0.4) is 0 Å². The normalized spacial score (nSPS) is 11.3. The molecule has 9 heteroatoms. The topological polar surface area (TPSA) is 84.2 Å². The molecule has 0 unspecified atom stereocenters. The molecule has 0 aliphatic heterocycles. The van der Waals surface area contributed by atoms with Crippen molar-refractivity contribution in [3.63, 3.8) is 0 Å². The number of carbonyl (C=O) groups is 2. The standard InChI is InChI=1S/C12H13F4N3O2/c13-11(14)12(15,16)6-19-9(20)5-18-10(21)7-1-3-8(17)4-2-7/h1-4,11H,5-6,17H2,(H,18,21)(H,19,20). The number of rotatable bonds is 6. The molecule has 0 spiro atoms. The Morgan fingerprint density at radius 3 is 2.24 bits per heavy atom. The van der Waals surface area contributed by atoms with Gasteiger partial charge in [0.2, 0.25) is 5.91 Å². The first-order valence-electron chi connectivity index (χ1n) is 5.79. The second kappa shape index (κ2) is 6.91. The highest BCUT2D eigenvalue weighted by Crippen LogP contribution is 2.21. The van der Waals surface area contributed by atoms with Gasteiger partial charge in [0.05, 0.1) is 13.1 Å². The number of nitrogens with one attached hydrogen (secondary N) is 2. The van der Waals surface area contributed by atoms with Gasteiger partial charge in [-0.1, -0.05) is 0 Å². The van der Waals surface area contributed by atoms with E-state index in [1.165, 1.54) is 24.3 Å². The zero-order valence-corrected chi connectivity index (χ0v) is 10.7. The van der Waals surface area contributed by atoms with Crippen LogP contribution in [0, 0.1) is 0 Å². The van der Waals surface area contributed by atoms with E-state index in [2.05, 4.69) is 5.32 Å². The fourth-order valence-corrected chi connectivity index (χ4v) is 1.25. The number of anilines is 1. The molecule has 0 aliphatic rings. The van der Waals surface area contributed by atoms with Crippen LogP contribution in [-0.4, -0.2) is 37.3 Å². The summed E-state index contributed by atoms with van der Waals surface area (Å²) in [6.45, 7) is -2.11. The average Bonchev–Trinajstić information content (AvgIpc) is 2.43. The van der Waals surface area contributed by atoms with Crippen LogP contribution < -0.4 is 16.4 Å². The highest BCUT2D eigenvalue weighted by Gasteiger charge is 2.40. The van der Waals surface area contributed by atoms with E-state index in [1.807, 2.05) is 0 Å². The van der Waals surface area contributed by atoms with Crippen molar-refractivity contribution in [2.75, 3.05) is 18.8 Å². The molecule has 5 nitrogen and oxygen atoms in total. The molecule has 4 N–H and O–H groups in total. The summed E-state index contributed by atoms with van der Waals surface area (Å²) in [4.78, 5) is 22.7. The highest BCUT2D eigenvalue weighted by atomic mass is 19.3. The van der Waals surface area contributed by atoms with Gasteiger partial charge in [0.1, 0.15) is 0 Å². The van der Waals surface area contributed by atoms with E-state index in [4.69, 9.17) is 5.73 Å². The number of alkyl halides is 4. The van der Waals surface area contributed by atoms with Crippen molar-refractivity contribution < 1.29 is 27.2 Å². The predicted molar refractivity (Wildman–Crippen MR) is 67.1 cm³/mol. The zero-order chi connectivity index (χ0) is 16.0. The Morgan fingerprint density at radius 1 is 1.14 bits per heavy atom. The molecule has 116 valence electrons. The monoisotopic (exact) mass is 307 g/mol. The average molecular weight is 307 g/mol. The maximum Gasteiger partial charge on any atom is 0.324 e. The summed E-state index contributed by atoms with van der Waals surface area (Å²) in [7, 11) is 0. The summed E-state index contributed by atoms with van der Waals surface area (Å²) in [5.41, 5.74) is 6.09. The Morgan fingerprint density at radius 2 is 1.71 bits per heavy atom. The van der Waals surface area contributed by atoms with Crippen LogP contribution >= 0.6 is 0 Å². The maximum absolute atomic E-state index is 12.5. The van der Waals surface area contributed by atoms with Crippen molar-refractivity contribution in [1.82, 2.24) is 10.6 Å². The molecule has 0 heterocycles. The van der Waals surface area contributed by atoms with Gasteiger partial charge in [-0.15, -0.1) is 0 Å². The third-order valence-electron chi connectivity index (χ3n) is 2.42. The molecule has 0 aromatic heterocycles. The fourth-order valence-electron chi connectivity index (χ4n) is 1.25. The molecule has 0 saturated heterocycles. The smallest absolute Gasteiger partial charge is 0.324 e. The third-order valence-corrected chi connectivity index (χ3v) is 2.42. The van der Waals surface area contributed by atoms with Crippen molar-refractivity contribution in [2.45, 2.75) is 12.3 Å². The van der Waals surface area contributed by atoms with Crippen molar-refractivity contribution >= 4 is 17.5 Å². The first-order chi connectivity index (χ1) is 9.72. The summed E-state index contributed by atoms with van der Waals surface area (Å²) in [6.07, 6.45) is -3.87. The predicted octanol–water partition coefficient (Wildman–Crippen LogP) is 1.02. The lowest BCUT2D eigenvalue weighted by Gasteiger charge is -2.15. The number of carbonyl (C=O) groups excluding carboxylic acids is 2. The van der Waals surface area contributed by atoms with Gasteiger partial charge in [-0.25, -0.2) is 8.78 Å². The second-order valence-electron chi connectivity index (χ2n) is 4.14. The SMILES string of the molecule is Nc1ccc(C(=O)NCC(=O)NCC(F)(F)C(F)F)cc1. The van der Waals surface area contributed by atoms with E-state index < -0.39 is 37.3 Å². The van der Waals surface area contributed by atoms with Gasteiger partial charge in [0, 0.05) is 11.3 Å². The molecule has 1 rings (SSSR count). The maximum atomic E-state index is 12.5. The number of hydrogen-bond donors (Lipinski definition) is 3. The fraction of sp³-hybridized carbons (Fsp3) is 0.333. The van der Waals surface area contributed by atoms with Crippen molar-refractivity contribution in [1.29, 1.82) is 0 Å². The number of amides is 2. The molecule has 0 atom stereocenters. The van der Waals surface area contributed by atoms with Crippen LogP contribution in [-0.2, 0) is 4.79 Å². The molecule has 0 aliphatic carbocycles. The van der Waals surface area contributed by atoms with E-state index in [9.17, 15) is 27.2 Å². The number of benzene rings is 1. The largest absolute Gasteiger partial charge is 0.399 e. The Hall–Kier alpha value is -2.32. The summed E-state index contributed by atoms with van der Waals surface area (Å²) in [6, 6.07) is 5.76. The summed E-state index contributed by atoms with van der Waals surface area (Å²) in [5, 5.41) is 3.78. The third kappa shape index (κ3) is 5.28. The highest BCUT2D eigenvalue weighted by molar-refractivity contribution is 5.96. The Bertz CT molecular complexity index is 506. The van der Waals surface area contributed by atoms with Crippen molar-refractivity contribution in [2.24, 2.45) is 0 Å². The Kier molecular flexibility index (Phi) is 5.51. The zero-order valence-electron chi connectivity index (χ0n) is 10.7. The molecular formula is C12H13F4N3O2. The van der Waals surface area contributed by atoms with Crippen LogP contribution in [0.4, 0.5) is 23.2 Å². The first kappa shape index (κ1) is 16.7. The minimum absolute atomic E-state index is 0.218. The summed E-state index contributed by atoms with van der Waals surface area (Å²) in [5.74, 6) is -5.93. The lowest BCUT2D eigenvalue weighted by molar-refractivity contribution is -0.135. The minimum Gasteiger partial charge on any atom is -0.399 e. The molecule has 21 heavy (non-hydrogen) atoms. The number of halogens is 4. The van der Waals surface area contributed by atoms with E-state index in [0.717, 1.165) is 0 Å². The molecule has 1 aromatic carbocycles. The van der Waals surface area contributed by atoms with Crippen LogP contribution in [0.15, 0.2) is 24.3 Å². The number of nitrogens with two attached hydrogens (primary N) is 1. The molecule has 0 fully saturated rings.